The van der Waals surface area contributed by atoms with Crippen LogP contribution < -0.4 is 9.47 Å². The molecule has 3 aromatic rings. The number of carbonyl (C=O) groups excluding carboxylic acids is 2. The van der Waals surface area contributed by atoms with Gasteiger partial charge in [-0.1, -0.05) is 24.3 Å². The van der Waals surface area contributed by atoms with Crippen LogP contribution in [0.3, 0.4) is 0 Å². The highest BCUT2D eigenvalue weighted by Gasteiger charge is 2.32. The third-order valence-electron chi connectivity index (χ3n) is 4.69. The zero-order valence-electron chi connectivity index (χ0n) is 16.5. The van der Waals surface area contributed by atoms with Crippen LogP contribution in [0.15, 0.2) is 58.1 Å². The molecule has 1 aliphatic rings. The van der Waals surface area contributed by atoms with Gasteiger partial charge in [0.2, 0.25) is 0 Å². The van der Waals surface area contributed by atoms with Gasteiger partial charge in [0.05, 0.1) is 35.0 Å². The van der Waals surface area contributed by atoms with Crippen molar-refractivity contribution in [2.24, 2.45) is 5.10 Å². The van der Waals surface area contributed by atoms with E-state index in [-0.39, 0.29) is 0 Å². The number of imide groups is 1. The maximum Gasteiger partial charge on any atom is 0.282 e. The summed E-state index contributed by atoms with van der Waals surface area (Å²) >= 11 is 3.49. The Hall–Kier alpha value is -3.19. The third kappa shape index (κ3) is 3.45. The second-order valence-electron chi connectivity index (χ2n) is 6.57. The molecule has 1 aliphatic heterocycles. The fourth-order valence-electron chi connectivity index (χ4n) is 3.46. The molecule has 1 heterocycles. The molecular formula is C23H19BrN2O4. The van der Waals surface area contributed by atoms with Gasteiger partial charge in [-0.3, -0.25) is 9.59 Å². The third-order valence-corrected chi connectivity index (χ3v) is 5.28. The van der Waals surface area contributed by atoms with Crippen molar-refractivity contribution in [1.29, 1.82) is 0 Å². The minimum absolute atomic E-state index is 0.449. The highest BCUT2D eigenvalue weighted by Crippen LogP contribution is 2.37. The number of nitrogens with zero attached hydrogens (tertiary/aromatic N) is 2. The first-order valence-electron chi connectivity index (χ1n) is 9.58. The van der Waals surface area contributed by atoms with E-state index in [0.29, 0.717) is 51.3 Å². The van der Waals surface area contributed by atoms with Crippen LogP contribution in [0.25, 0.3) is 10.8 Å². The summed E-state index contributed by atoms with van der Waals surface area (Å²) in [5.74, 6) is 0.259. The van der Waals surface area contributed by atoms with Crippen molar-refractivity contribution in [3.8, 4) is 11.5 Å². The number of halogens is 1. The molecular weight excluding hydrogens is 448 g/mol. The van der Waals surface area contributed by atoms with E-state index in [1.807, 2.05) is 26.0 Å². The van der Waals surface area contributed by atoms with E-state index in [0.717, 1.165) is 10.4 Å². The average molecular weight is 467 g/mol. The van der Waals surface area contributed by atoms with Crippen molar-refractivity contribution < 1.29 is 19.1 Å². The summed E-state index contributed by atoms with van der Waals surface area (Å²) in [5.41, 5.74) is 1.58. The van der Waals surface area contributed by atoms with Gasteiger partial charge in [-0.15, -0.1) is 0 Å². The lowest BCUT2D eigenvalue weighted by molar-refractivity contribution is 0.0616. The van der Waals surface area contributed by atoms with Crippen LogP contribution in [-0.2, 0) is 0 Å². The van der Waals surface area contributed by atoms with Crippen molar-refractivity contribution in [3.05, 3.63) is 69.7 Å². The fraction of sp³-hybridized carbons (Fsp3) is 0.174. The fourth-order valence-corrected chi connectivity index (χ4v) is 4.03. The first-order valence-corrected chi connectivity index (χ1v) is 10.4. The molecule has 0 bridgehead atoms. The van der Waals surface area contributed by atoms with Crippen molar-refractivity contribution in [2.45, 2.75) is 13.8 Å². The Morgan fingerprint density at radius 2 is 1.60 bits per heavy atom. The van der Waals surface area contributed by atoms with Crippen molar-refractivity contribution in [1.82, 2.24) is 5.01 Å². The van der Waals surface area contributed by atoms with Gasteiger partial charge in [0.15, 0.2) is 11.5 Å². The number of rotatable bonds is 6. The molecule has 0 unspecified atom stereocenters. The Morgan fingerprint density at radius 1 is 0.967 bits per heavy atom. The summed E-state index contributed by atoms with van der Waals surface area (Å²) in [4.78, 5) is 25.9. The molecule has 0 fully saturated rings. The summed E-state index contributed by atoms with van der Waals surface area (Å²) in [5, 5.41) is 6.64. The standard InChI is InChI=1S/C23H19BrN2O4/c1-3-29-19-12-14(11-18(24)21(19)30-4-2)13-25-26-22(27)16-9-5-7-15-8-6-10-17(20(15)16)23(26)28/h5-13H,3-4H2,1-2H3/b25-13-. The molecule has 0 atom stereocenters. The largest absolute Gasteiger partial charge is 0.490 e. The van der Waals surface area contributed by atoms with Gasteiger partial charge in [-0.2, -0.15) is 10.1 Å². The van der Waals surface area contributed by atoms with Gasteiger partial charge in [0.25, 0.3) is 11.8 Å². The normalized spacial score (nSPS) is 13.4. The van der Waals surface area contributed by atoms with Gasteiger partial charge in [0.1, 0.15) is 0 Å². The molecule has 0 aliphatic carbocycles. The maximum absolute atomic E-state index is 12.9. The molecule has 30 heavy (non-hydrogen) atoms. The molecule has 0 spiro atoms. The lowest BCUT2D eigenvalue weighted by Crippen LogP contribution is -2.36. The number of hydrogen-bond donors (Lipinski definition) is 0. The molecule has 6 nitrogen and oxygen atoms in total. The molecule has 0 saturated carbocycles. The second-order valence-corrected chi connectivity index (χ2v) is 7.43. The van der Waals surface area contributed by atoms with Gasteiger partial charge in [0, 0.05) is 5.39 Å². The minimum Gasteiger partial charge on any atom is -0.490 e. The van der Waals surface area contributed by atoms with Crippen LogP contribution in [0.1, 0.15) is 40.1 Å². The number of carbonyl (C=O) groups is 2. The van der Waals surface area contributed by atoms with Gasteiger partial charge in [-0.25, -0.2) is 0 Å². The van der Waals surface area contributed by atoms with Gasteiger partial charge < -0.3 is 9.47 Å². The number of benzene rings is 3. The van der Waals surface area contributed by atoms with Crippen LogP contribution in [0.2, 0.25) is 0 Å². The van der Waals surface area contributed by atoms with E-state index in [9.17, 15) is 9.59 Å². The van der Waals surface area contributed by atoms with Crippen LogP contribution in [0.5, 0.6) is 11.5 Å². The average Bonchev–Trinajstić information content (AvgIpc) is 2.74. The summed E-state index contributed by atoms with van der Waals surface area (Å²) in [6.45, 7) is 4.74. The van der Waals surface area contributed by atoms with Crippen LogP contribution >= 0.6 is 15.9 Å². The second kappa shape index (κ2) is 8.28. The highest BCUT2D eigenvalue weighted by atomic mass is 79.9. The zero-order chi connectivity index (χ0) is 21.3. The topological polar surface area (TPSA) is 68.2 Å². The van der Waals surface area contributed by atoms with Crippen LogP contribution in [0, 0.1) is 0 Å². The Morgan fingerprint density at radius 3 is 2.20 bits per heavy atom. The molecule has 0 aromatic heterocycles. The lowest BCUT2D eigenvalue weighted by atomic mass is 9.95. The summed E-state index contributed by atoms with van der Waals surface area (Å²) in [6, 6.07) is 14.3. The molecule has 0 N–H and O–H groups in total. The lowest BCUT2D eigenvalue weighted by Gasteiger charge is -2.23. The molecule has 0 radical (unpaired) electrons. The Balaban J connectivity index is 1.71. The predicted octanol–water partition coefficient (Wildman–Crippen LogP) is 5.03. The Labute approximate surface area is 182 Å². The zero-order valence-corrected chi connectivity index (χ0v) is 18.1. The highest BCUT2D eigenvalue weighted by molar-refractivity contribution is 9.10. The maximum atomic E-state index is 12.9. The molecule has 3 aromatic carbocycles. The summed E-state index contributed by atoms with van der Waals surface area (Å²) < 4.78 is 12.0. The minimum atomic E-state index is -0.449. The van der Waals surface area contributed by atoms with E-state index in [4.69, 9.17) is 9.47 Å². The van der Waals surface area contributed by atoms with Crippen molar-refractivity contribution in [3.63, 3.8) is 0 Å². The monoisotopic (exact) mass is 466 g/mol. The van der Waals surface area contributed by atoms with Crippen LogP contribution in [-0.4, -0.2) is 36.3 Å². The van der Waals surface area contributed by atoms with Gasteiger partial charge >= 0.3 is 0 Å². The smallest absolute Gasteiger partial charge is 0.282 e. The van der Waals surface area contributed by atoms with E-state index in [2.05, 4.69) is 21.0 Å². The summed E-state index contributed by atoms with van der Waals surface area (Å²) in [6.07, 6.45) is 1.47. The summed E-state index contributed by atoms with van der Waals surface area (Å²) in [7, 11) is 0. The number of ether oxygens (including phenoxy) is 2. The number of hydrazone groups is 1. The van der Waals surface area contributed by atoms with Gasteiger partial charge in [-0.05, 0) is 65.0 Å². The van der Waals surface area contributed by atoms with E-state index in [1.165, 1.54) is 6.21 Å². The molecule has 2 amide bonds. The molecule has 0 saturated heterocycles. The molecule has 152 valence electrons. The number of amides is 2. The van der Waals surface area contributed by atoms with E-state index < -0.39 is 11.8 Å². The van der Waals surface area contributed by atoms with Crippen molar-refractivity contribution in [2.75, 3.05) is 13.2 Å². The van der Waals surface area contributed by atoms with E-state index >= 15 is 0 Å². The quantitative estimate of drug-likeness (QED) is 0.377. The van der Waals surface area contributed by atoms with Crippen LogP contribution in [0.4, 0.5) is 0 Å². The first kappa shape index (κ1) is 20.1. The van der Waals surface area contributed by atoms with Crippen molar-refractivity contribution >= 4 is 44.7 Å². The molecule has 7 heteroatoms. The number of hydrogen-bond acceptors (Lipinski definition) is 5. The van der Waals surface area contributed by atoms with E-state index in [1.54, 1.807) is 36.4 Å². The predicted molar refractivity (Wildman–Crippen MR) is 119 cm³/mol. The first-order chi connectivity index (χ1) is 14.5. The Bertz CT molecular complexity index is 1140. The Kier molecular flexibility index (Phi) is 5.55. The SMILES string of the molecule is CCOc1cc(/C=N\N2C(=O)c3cccc4cccc(c34)C2=O)cc(Br)c1OCC. The molecule has 4 rings (SSSR count).